The molecule has 29 heavy (non-hydrogen) atoms. The van der Waals surface area contributed by atoms with Gasteiger partial charge in [-0.25, -0.2) is 13.2 Å². The number of nitrogens with zero attached hydrogens (tertiary/aromatic N) is 1. The second kappa shape index (κ2) is 9.47. The first-order valence-electron chi connectivity index (χ1n) is 10.0. The lowest BCUT2D eigenvalue weighted by Crippen LogP contribution is -2.48. The normalized spacial score (nSPS) is 21.6. The average molecular weight is 424 g/mol. The number of sulfone groups is 1. The zero-order valence-electron chi connectivity index (χ0n) is 16.7. The van der Waals surface area contributed by atoms with E-state index in [-0.39, 0.29) is 29.5 Å². The summed E-state index contributed by atoms with van der Waals surface area (Å²) >= 11 is 0. The Morgan fingerprint density at radius 3 is 2.62 bits per heavy atom. The third-order valence-electron chi connectivity index (χ3n) is 5.59. The SMILES string of the molecule is COc1cccc(NC(=O)CCC2CCN(C(=O)NC3CCS(=O)(=O)C3)CC2)c1. The molecule has 0 spiro atoms. The first-order chi connectivity index (χ1) is 13.8. The van der Waals surface area contributed by atoms with Gasteiger partial charge in [0.1, 0.15) is 5.75 Å². The summed E-state index contributed by atoms with van der Waals surface area (Å²) in [5, 5.41) is 5.73. The van der Waals surface area contributed by atoms with Gasteiger partial charge >= 0.3 is 6.03 Å². The highest BCUT2D eigenvalue weighted by atomic mass is 32.2. The maximum atomic E-state index is 12.3. The van der Waals surface area contributed by atoms with E-state index in [0.717, 1.165) is 24.9 Å². The molecule has 0 aliphatic carbocycles. The smallest absolute Gasteiger partial charge is 0.317 e. The number of benzene rings is 1. The highest BCUT2D eigenvalue weighted by Crippen LogP contribution is 2.23. The lowest BCUT2D eigenvalue weighted by atomic mass is 9.92. The van der Waals surface area contributed by atoms with Crippen molar-refractivity contribution < 1.29 is 22.7 Å². The topological polar surface area (TPSA) is 105 Å². The Balaban J connectivity index is 1.36. The van der Waals surface area contributed by atoms with Gasteiger partial charge in [0.15, 0.2) is 9.84 Å². The summed E-state index contributed by atoms with van der Waals surface area (Å²) in [5.74, 6) is 1.27. The zero-order chi connectivity index (χ0) is 20.9. The Hall–Kier alpha value is -2.29. The van der Waals surface area contributed by atoms with Gasteiger partial charge in [-0.05, 0) is 43.7 Å². The van der Waals surface area contributed by atoms with Crippen molar-refractivity contribution in [1.29, 1.82) is 0 Å². The van der Waals surface area contributed by atoms with Crippen molar-refractivity contribution in [2.24, 2.45) is 5.92 Å². The van der Waals surface area contributed by atoms with Crippen LogP contribution in [0.4, 0.5) is 10.5 Å². The minimum absolute atomic E-state index is 0.0270. The van der Waals surface area contributed by atoms with Crippen molar-refractivity contribution in [2.75, 3.05) is 37.0 Å². The fourth-order valence-corrected chi connectivity index (χ4v) is 5.53. The van der Waals surface area contributed by atoms with Crippen LogP contribution in [0.15, 0.2) is 24.3 Å². The number of hydrogen-bond acceptors (Lipinski definition) is 5. The van der Waals surface area contributed by atoms with Gasteiger partial charge in [-0.15, -0.1) is 0 Å². The van der Waals surface area contributed by atoms with Crippen molar-refractivity contribution in [3.63, 3.8) is 0 Å². The number of urea groups is 1. The molecule has 1 atom stereocenters. The average Bonchev–Trinajstić information content (AvgIpc) is 3.05. The number of nitrogens with one attached hydrogen (secondary N) is 2. The second-order valence-electron chi connectivity index (χ2n) is 7.80. The molecule has 2 fully saturated rings. The molecular weight excluding hydrogens is 394 g/mol. The lowest BCUT2D eigenvalue weighted by molar-refractivity contribution is -0.116. The number of amides is 3. The molecule has 3 amide bonds. The first kappa shape index (κ1) is 21.4. The van der Waals surface area contributed by atoms with Crippen LogP contribution in [-0.4, -0.2) is 63.0 Å². The van der Waals surface area contributed by atoms with E-state index in [4.69, 9.17) is 4.74 Å². The fraction of sp³-hybridized carbons (Fsp3) is 0.600. The van der Waals surface area contributed by atoms with Crippen LogP contribution in [0, 0.1) is 5.92 Å². The third-order valence-corrected chi connectivity index (χ3v) is 7.36. The number of ether oxygens (including phenoxy) is 1. The van der Waals surface area contributed by atoms with Gasteiger partial charge < -0.3 is 20.3 Å². The van der Waals surface area contributed by atoms with E-state index in [9.17, 15) is 18.0 Å². The Morgan fingerprint density at radius 1 is 1.21 bits per heavy atom. The van der Waals surface area contributed by atoms with Crippen LogP contribution in [0.3, 0.4) is 0 Å². The van der Waals surface area contributed by atoms with E-state index in [1.807, 2.05) is 18.2 Å². The number of hydrogen-bond donors (Lipinski definition) is 2. The number of carbonyl (C=O) groups excluding carboxylic acids is 2. The number of methoxy groups -OCH3 is 1. The standard InChI is InChI=1S/C20H29N3O5S/c1-28-18-4-2-3-16(13-18)21-19(24)6-5-15-7-10-23(11-8-15)20(25)22-17-9-12-29(26,27)14-17/h2-4,13,15,17H,5-12,14H2,1H3,(H,21,24)(H,22,25). The molecule has 2 heterocycles. The summed E-state index contributed by atoms with van der Waals surface area (Å²) in [6.45, 7) is 1.26. The summed E-state index contributed by atoms with van der Waals surface area (Å²) in [4.78, 5) is 26.3. The van der Waals surface area contributed by atoms with Gasteiger partial charge in [0.25, 0.3) is 0 Å². The van der Waals surface area contributed by atoms with Crippen molar-refractivity contribution in [2.45, 2.75) is 38.1 Å². The van der Waals surface area contributed by atoms with Crippen LogP contribution >= 0.6 is 0 Å². The maximum Gasteiger partial charge on any atom is 0.317 e. The number of likely N-dealkylation sites (tertiary alicyclic amines) is 1. The van der Waals surface area contributed by atoms with E-state index >= 15 is 0 Å². The lowest BCUT2D eigenvalue weighted by Gasteiger charge is -2.32. The largest absolute Gasteiger partial charge is 0.497 e. The molecule has 2 aliphatic rings. The minimum Gasteiger partial charge on any atom is -0.497 e. The van der Waals surface area contributed by atoms with Crippen LogP contribution in [0.1, 0.15) is 32.1 Å². The predicted octanol–water partition coefficient (Wildman–Crippen LogP) is 2.02. The number of rotatable bonds is 6. The van der Waals surface area contributed by atoms with Crippen molar-refractivity contribution in [3.05, 3.63) is 24.3 Å². The monoisotopic (exact) mass is 423 g/mol. The molecule has 3 rings (SSSR count). The Kier molecular flexibility index (Phi) is 7.00. The minimum atomic E-state index is -3.00. The zero-order valence-corrected chi connectivity index (χ0v) is 17.5. The molecule has 1 unspecified atom stereocenters. The Morgan fingerprint density at radius 2 is 1.97 bits per heavy atom. The number of piperidine rings is 1. The van der Waals surface area contributed by atoms with Gasteiger partial charge in [-0.3, -0.25) is 4.79 Å². The number of anilines is 1. The highest BCUT2D eigenvalue weighted by molar-refractivity contribution is 7.91. The molecular formula is C20H29N3O5S. The molecule has 0 bridgehead atoms. The molecule has 2 N–H and O–H groups in total. The molecule has 0 saturated carbocycles. The van der Waals surface area contributed by atoms with Gasteiger partial charge in [-0.2, -0.15) is 0 Å². The van der Waals surface area contributed by atoms with Crippen LogP contribution in [0.5, 0.6) is 5.75 Å². The van der Waals surface area contributed by atoms with E-state index in [1.54, 1.807) is 18.1 Å². The van der Waals surface area contributed by atoms with Crippen molar-refractivity contribution in [1.82, 2.24) is 10.2 Å². The molecule has 160 valence electrons. The first-order valence-corrected chi connectivity index (χ1v) is 11.9. The molecule has 1 aromatic carbocycles. The molecule has 2 saturated heterocycles. The number of carbonyl (C=O) groups is 2. The van der Waals surface area contributed by atoms with Gasteiger partial charge in [0.2, 0.25) is 5.91 Å². The predicted molar refractivity (Wildman–Crippen MR) is 111 cm³/mol. The molecule has 0 radical (unpaired) electrons. The van der Waals surface area contributed by atoms with Gasteiger partial charge in [0.05, 0.1) is 18.6 Å². The third kappa shape index (κ3) is 6.35. The van der Waals surface area contributed by atoms with Crippen molar-refractivity contribution in [3.8, 4) is 5.75 Å². The van der Waals surface area contributed by atoms with Crippen LogP contribution in [-0.2, 0) is 14.6 Å². The van der Waals surface area contributed by atoms with E-state index in [0.29, 0.717) is 37.6 Å². The Bertz CT molecular complexity index is 834. The molecule has 2 aliphatic heterocycles. The maximum absolute atomic E-state index is 12.3. The summed E-state index contributed by atoms with van der Waals surface area (Å²) in [6.07, 6.45) is 3.42. The van der Waals surface area contributed by atoms with Crippen LogP contribution < -0.4 is 15.4 Å². The molecule has 1 aromatic rings. The van der Waals surface area contributed by atoms with Gasteiger partial charge in [-0.1, -0.05) is 6.07 Å². The quantitative estimate of drug-likeness (QED) is 0.728. The summed E-state index contributed by atoms with van der Waals surface area (Å²) in [5.41, 5.74) is 0.717. The molecule has 8 nitrogen and oxygen atoms in total. The van der Waals surface area contributed by atoms with E-state index in [2.05, 4.69) is 10.6 Å². The van der Waals surface area contributed by atoms with E-state index in [1.165, 1.54) is 0 Å². The van der Waals surface area contributed by atoms with E-state index < -0.39 is 9.84 Å². The fourth-order valence-electron chi connectivity index (χ4n) is 3.86. The van der Waals surface area contributed by atoms with Crippen LogP contribution in [0.2, 0.25) is 0 Å². The molecule has 9 heteroatoms. The summed E-state index contributed by atoms with van der Waals surface area (Å²) in [6, 6.07) is 6.81. The Labute approximate surface area is 171 Å². The second-order valence-corrected chi connectivity index (χ2v) is 10.0. The summed E-state index contributed by atoms with van der Waals surface area (Å²) < 4.78 is 28.2. The highest BCUT2D eigenvalue weighted by Gasteiger charge is 2.31. The van der Waals surface area contributed by atoms with Crippen molar-refractivity contribution >= 4 is 27.5 Å². The van der Waals surface area contributed by atoms with Crippen LogP contribution in [0.25, 0.3) is 0 Å². The molecule has 0 aromatic heterocycles. The summed E-state index contributed by atoms with van der Waals surface area (Å²) in [7, 11) is -1.41. The van der Waals surface area contributed by atoms with Gasteiger partial charge in [0, 0.05) is 37.3 Å².